The molecule has 126 valence electrons. The predicted octanol–water partition coefficient (Wildman–Crippen LogP) is 4.19. The summed E-state index contributed by atoms with van der Waals surface area (Å²) in [6.07, 6.45) is 0.218. The lowest BCUT2D eigenvalue weighted by Crippen LogP contribution is -2.26. The van der Waals surface area contributed by atoms with Gasteiger partial charge < -0.3 is 10.1 Å². The van der Waals surface area contributed by atoms with Crippen molar-refractivity contribution in [2.24, 2.45) is 0 Å². The molecule has 1 atom stereocenters. The van der Waals surface area contributed by atoms with E-state index >= 15 is 0 Å². The van der Waals surface area contributed by atoms with Crippen LogP contribution >= 0.6 is 11.6 Å². The summed E-state index contributed by atoms with van der Waals surface area (Å²) in [6, 6.07) is 14.4. The number of carbonyl (C=O) groups excluding carboxylic acids is 2. The van der Waals surface area contributed by atoms with E-state index in [4.69, 9.17) is 16.3 Å². The molecule has 0 aliphatic carbocycles. The summed E-state index contributed by atoms with van der Waals surface area (Å²) in [6.45, 7) is 1.91. The van der Waals surface area contributed by atoms with Crippen molar-refractivity contribution in [3.63, 3.8) is 0 Å². The molecule has 0 aliphatic rings. The highest BCUT2D eigenvalue weighted by Gasteiger charge is 2.16. The van der Waals surface area contributed by atoms with Crippen LogP contribution in [0, 0.1) is 0 Å². The smallest absolute Gasteiger partial charge is 0.220 e. The Kier molecular flexibility index (Phi) is 6.38. The Morgan fingerprint density at radius 1 is 1.12 bits per heavy atom. The van der Waals surface area contributed by atoms with E-state index in [0.717, 1.165) is 5.56 Å². The summed E-state index contributed by atoms with van der Waals surface area (Å²) in [7, 11) is 1.49. The molecule has 2 rings (SSSR count). The number of ketones is 1. The Morgan fingerprint density at radius 3 is 2.50 bits per heavy atom. The molecule has 0 aliphatic heterocycles. The topological polar surface area (TPSA) is 55.4 Å². The number of hydrogen-bond acceptors (Lipinski definition) is 3. The van der Waals surface area contributed by atoms with Gasteiger partial charge in [-0.2, -0.15) is 0 Å². The van der Waals surface area contributed by atoms with E-state index in [2.05, 4.69) is 5.32 Å². The first kappa shape index (κ1) is 18.0. The lowest BCUT2D eigenvalue weighted by atomic mass is 10.0. The first-order chi connectivity index (χ1) is 11.5. The lowest BCUT2D eigenvalue weighted by molar-refractivity contribution is -0.121. The van der Waals surface area contributed by atoms with Crippen molar-refractivity contribution >= 4 is 23.3 Å². The molecule has 0 heterocycles. The molecule has 0 fully saturated rings. The summed E-state index contributed by atoms with van der Waals surface area (Å²) >= 11 is 5.93. The second-order valence-corrected chi connectivity index (χ2v) is 5.90. The van der Waals surface area contributed by atoms with Crippen molar-refractivity contribution in [1.29, 1.82) is 0 Å². The number of amides is 1. The average molecular weight is 346 g/mol. The van der Waals surface area contributed by atoms with Gasteiger partial charge in [-0.15, -0.1) is 0 Å². The van der Waals surface area contributed by atoms with Gasteiger partial charge in [0.05, 0.1) is 18.7 Å². The van der Waals surface area contributed by atoms with E-state index in [1.807, 2.05) is 37.3 Å². The molecular formula is C19H20ClNO3. The Morgan fingerprint density at radius 2 is 1.83 bits per heavy atom. The number of methoxy groups -OCH3 is 1. The van der Waals surface area contributed by atoms with Gasteiger partial charge in [0.25, 0.3) is 0 Å². The van der Waals surface area contributed by atoms with E-state index in [9.17, 15) is 9.59 Å². The maximum atomic E-state index is 12.3. The van der Waals surface area contributed by atoms with Gasteiger partial charge in [0.15, 0.2) is 5.78 Å². The normalized spacial score (nSPS) is 11.6. The van der Waals surface area contributed by atoms with E-state index in [1.165, 1.54) is 7.11 Å². The fraction of sp³-hybridized carbons (Fsp3) is 0.263. The molecule has 0 saturated carbocycles. The van der Waals surface area contributed by atoms with Crippen LogP contribution in [0.5, 0.6) is 5.75 Å². The van der Waals surface area contributed by atoms with E-state index in [1.54, 1.807) is 18.2 Å². The zero-order valence-corrected chi connectivity index (χ0v) is 14.5. The summed E-state index contributed by atoms with van der Waals surface area (Å²) in [5.74, 6) is 0.125. The van der Waals surface area contributed by atoms with Crippen molar-refractivity contribution < 1.29 is 14.3 Å². The van der Waals surface area contributed by atoms with Crippen molar-refractivity contribution in [3.8, 4) is 5.75 Å². The van der Waals surface area contributed by atoms with Crippen molar-refractivity contribution in [2.45, 2.75) is 25.8 Å². The summed E-state index contributed by atoms with van der Waals surface area (Å²) in [5.41, 5.74) is 1.42. The first-order valence-electron chi connectivity index (χ1n) is 7.72. The van der Waals surface area contributed by atoms with Crippen LogP contribution in [0.1, 0.15) is 41.7 Å². The fourth-order valence-electron chi connectivity index (χ4n) is 2.40. The van der Waals surface area contributed by atoms with Crippen LogP contribution in [0.25, 0.3) is 0 Å². The van der Waals surface area contributed by atoms with Crippen LogP contribution in [-0.4, -0.2) is 18.8 Å². The highest BCUT2D eigenvalue weighted by atomic mass is 35.5. The largest absolute Gasteiger partial charge is 0.496 e. The van der Waals surface area contributed by atoms with E-state index < -0.39 is 0 Å². The minimum Gasteiger partial charge on any atom is -0.496 e. The number of halogens is 1. The number of carbonyl (C=O) groups is 2. The third-order valence-electron chi connectivity index (χ3n) is 3.72. The molecule has 0 bridgehead atoms. The minimum atomic E-state index is -0.170. The molecule has 24 heavy (non-hydrogen) atoms. The molecule has 0 spiro atoms. The highest BCUT2D eigenvalue weighted by Crippen LogP contribution is 2.24. The Hall–Kier alpha value is -2.33. The monoisotopic (exact) mass is 345 g/mol. The summed E-state index contributed by atoms with van der Waals surface area (Å²) in [5, 5.41) is 3.35. The molecule has 1 amide bonds. The van der Waals surface area contributed by atoms with Crippen molar-refractivity contribution in [3.05, 3.63) is 64.7 Å². The van der Waals surface area contributed by atoms with Crippen LogP contribution < -0.4 is 10.1 Å². The van der Waals surface area contributed by atoms with Gasteiger partial charge in [0.2, 0.25) is 5.91 Å². The second-order valence-electron chi connectivity index (χ2n) is 5.47. The van der Waals surface area contributed by atoms with Gasteiger partial charge in [-0.25, -0.2) is 0 Å². The Labute approximate surface area is 146 Å². The van der Waals surface area contributed by atoms with E-state index in [-0.39, 0.29) is 30.6 Å². The molecular weight excluding hydrogens is 326 g/mol. The standard InChI is InChI=1S/C19H20ClNO3/c1-13(14-6-4-3-5-7-14)21-19(23)11-9-17(22)16-12-15(20)8-10-18(16)24-2/h3-8,10,12-13H,9,11H2,1-2H3,(H,21,23). The number of ether oxygens (including phenoxy) is 1. The van der Waals surface area contributed by atoms with E-state index in [0.29, 0.717) is 16.3 Å². The highest BCUT2D eigenvalue weighted by molar-refractivity contribution is 6.31. The zero-order chi connectivity index (χ0) is 17.5. The maximum Gasteiger partial charge on any atom is 0.220 e. The number of rotatable bonds is 7. The average Bonchev–Trinajstić information content (AvgIpc) is 2.60. The number of benzene rings is 2. The molecule has 1 N–H and O–H groups in total. The van der Waals surface area contributed by atoms with Gasteiger partial charge in [0, 0.05) is 17.9 Å². The third kappa shape index (κ3) is 4.83. The maximum absolute atomic E-state index is 12.3. The minimum absolute atomic E-state index is 0.101. The lowest BCUT2D eigenvalue weighted by Gasteiger charge is -2.14. The van der Waals surface area contributed by atoms with Gasteiger partial charge >= 0.3 is 0 Å². The van der Waals surface area contributed by atoms with Gasteiger partial charge in [0.1, 0.15) is 5.75 Å². The molecule has 1 unspecified atom stereocenters. The molecule has 2 aromatic carbocycles. The predicted molar refractivity (Wildman–Crippen MR) is 94.6 cm³/mol. The fourth-order valence-corrected chi connectivity index (χ4v) is 2.57. The SMILES string of the molecule is COc1ccc(Cl)cc1C(=O)CCC(=O)NC(C)c1ccccc1. The molecule has 4 nitrogen and oxygen atoms in total. The Bertz CT molecular complexity index is 716. The first-order valence-corrected chi connectivity index (χ1v) is 8.10. The van der Waals surface area contributed by atoms with Gasteiger partial charge in [-0.1, -0.05) is 41.9 Å². The molecule has 0 saturated heterocycles. The summed E-state index contributed by atoms with van der Waals surface area (Å²) < 4.78 is 5.17. The van der Waals surface area contributed by atoms with Crippen LogP contribution in [0.3, 0.4) is 0 Å². The van der Waals surface area contributed by atoms with Crippen LogP contribution in [0.15, 0.2) is 48.5 Å². The molecule has 5 heteroatoms. The molecule has 0 aromatic heterocycles. The van der Waals surface area contributed by atoms with Crippen LogP contribution in [0.4, 0.5) is 0 Å². The second kappa shape index (κ2) is 8.50. The number of nitrogens with one attached hydrogen (secondary N) is 1. The van der Waals surface area contributed by atoms with Gasteiger partial charge in [-0.05, 0) is 30.7 Å². The third-order valence-corrected chi connectivity index (χ3v) is 3.95. The number of hydrogen-bond donors (Lipinski definition) is 1. The summed E-state index contributed by atoms with van der Waals surface area (Å²) in [4.78, 5) is 24.4. The molecule has 0 radical (unpaired) electrons. The van der Waals surface area contributed by atoms with Crippen molar-refractivity contribution in [2.75, 3.05) is 7.11 Å². The number of Topliss-reactive ketones (excluding diaryl/α,β-unsaturated/α-hetero) is 1. The van der Waals surface area contributed by atoms with Crippen molar-refractivity contribution in [1.82, 2.24) is 5.32 Å². The Balaban J connectivity index is 1.92. The molecule has 2 aromatic rings. The zero-order valence-electron chi connectivity index (χ0n) is 13.7. The quantitative estimate of drug-likeness (QED) is 0.765. The van der Waals surface area contributed by atoms with Gasteiger partial charge in [-0.3, -0.25) is 9.59 Å². The van der Waals surface area contributed by atoms with Crippen LogP contribution in [-0.2, 0) is 4.79 Å². The van der Waals surface area contributed by atoms with Crippen LogP contribution in [0.2, 0.25) is 5.02 Å².